The molecular weight excluding hydrogens is 428 g/mol. The topological polar surface area (TPSA) is 59.8 Å². The molecule has 4 aromatic rings. The van der Waals surface area contributed by atoms with Gasteiger partial charge in [-0.3, -0.25) is 9.36 Å². The number of para-hydroxylation sites is 1. The Balaban J connectivity index is 1.36. The van der Waals surface area contributed by atoms with Gasteiger partial charge in [0.05, 0.1) is 0 Å². The van der Waals surface area contributed by atoms with Gasteiger partial charge in [-0.25, -0.2) is 0 Å². The van der Waals surface area contributed by atoms with Gasteiger partial charge in [-0.1, -0.05) is 77.5 Å². The fourth-order valence-electron chi connectivity index (χ4n) is 3.47. The number of rotatable bonds is 9. The van der Waals surface area contributed by atoms with E-state index in [1.165, 1.54) is 11.1 Å². The maximum Gasteiger partial charge on any atom is 0.224 e. The third kappa shape index (κ3) is 6.11. The molecule has 0 fully saturated rings. The van der Waals surface area contributed by atoms with Crippen molar-refractivity contribution in [3.05, 3.63) is 90.0 Å². The molecule has 0 saturated heterocycles. The van der Waals surface area contributed by atoms with Crippen molar-refractivity contribution < 1.29 is 4.79 Å². The Labute approximate surface area is 199 Å². The Morgan fingerprint density at radius 3 is 2.21 bits per heavy atom. The first-order valence-electron chi connectivity index (χ1n) is 11.2. The molecule has 1 amide bonds. The van der Waals surface area contributed by atoms with Crippen LogP contribution in [0.5, 0.6) is 0 Å². The zero-order chi connectivity index (χ0) is 23.0. The van der Waals surface area contributed by atoms with Gasteiger partial charge in [0.2, 0.25) is 5.91 Å². The van der Waals surface area contributed by atoms with Gasteiger partial charge in [-0.05, 0) is 51.0 Å². The quantitative estimate of drug-likeness (QED) is 0.232. The number of hydrogen-bond donors (Lipinski definition) is 1. The first kappa shape index (κ1) is 22.8. The van der Waals surface area contributed by atoms with E-state index in [0.717, 1.165) is 46.5 Å². The van der Waals surface area contributed by atoms with Gasteiger partial charge >= 0.3 is 0 Å². The maximum absolute atomic E-state index is 12.2. The Bertz CT molecular complexity index is 1190. The number of anilines is 1. The van der Waals surface area contributed by atoms with E-state index >= 15 is 0 Å². The van der Waals surface area contributed by atoms with Crippen LogP contribution in [0.1, 0.15) is 30.4 Å². The van der Waals surface area contributed by atoms with Gasteiger partial charge in [-0.15, -0.1) is 10.2 Å². The molecule has 3 aromatic carbocycles. The van der Waals surface area contributed by atoms with Gasteiger partial charge in [-0.2, -0.15) is 0 Å². The van der Waals surface area contributed by atoms with E-state index in [1.807, 2.05) is 49.4 Å². The number of benzene rings is 3. The second-order valence-electron chi connectivity index (χ2n) is 8.06. The number of nitrogens with zero attached hydrogens (tertiary/aromatic N) is 3. The van der Waals surface area contributed by atoms with Crippen molar-refractivity contribution in [2.75, 3.05) is 11.1 Å². The van der Waals surface area contributed by atoms with Crippen molar-refractivity contribution in [3.63, 3.8) is 0 Å². The highest BCUT2D eigenvalue weighted by atomic mass is 32.2. The van der Waals surface area contributed by atoms with E-state index in [-0.39, 0.29) is 5.91 Å². The molecule has 6 heteroatoms. The maximum atomic E-state index is 12.2. The highest BCUT2D eigenvalue weighted by Gasteiger charge is 2.16. The Morgan fingerprint density at radius 2 is 1.52 bits per heavy atom. The van der Waals surface area contributed by atoms with E-state index in [2.05, 4.69) is 63.4 Å². The summed E-state index contributed by atoms with van der Waals surface area (Å²) in [6.45, 7) is 4.11. The molecule has 1 N–H and O–H groups in total. The Hall–Kier alpha value is -3.38. The van der Waals surface area contributed by atoms with Gasteiger partial charge in [0, 0.05) is 29.1 Å². The first-order chi connectivity index (χ1) is 16.1. The summed E-state index contributed by atoms with van der Waals surface area (Å²) in [6, 6.07) is 26.4. The SMILES string of the molecule is Cc1ccc(NC(=O)CCCCSc2nnc(-c3ccc(C)cc3)n2-c2ccccc2)cc1. The van der Waals surface area contributed by atoms with Crippen LogP contribution in [0.15, 0.2) is 84.0 Å². The summed E-state index contributed by atoms with van der Waals surface area (Å²) in [5, 5.41) is 12.8. The van der Waals surface area contributed by atoms with Gasteiger partial charge in [0.25, 0.3) is 0 Å². The van der Waals surface area contributed by atoms with Crippen LogP contribution in [0.25, 0.3) is 17.1 Å². The third-order valence-electron chi connectivity index (χ3n) is 5.32. The number of amides is 1. The summed E-state index contributed by atoms with van der Waals surface area (Å²) in [6.07, 6.45) is 2.26. The predicted octanol–water partition coefficient (Wildman–Crippen LogP) is 6.45. The summed E-state index contributed by atoms with van der Waals surface area (Å²) in [7, 11) is 0. The summed E-state index contributed by atoms with van der Waals surface area (Å²) < 4.78 is 2.11. The van der Waals surface area contributed by atoms with Crippen LogP contribution in [0.3, 0.4) is 0 Å². The second kappa shape index (κ2) is 11.0. The number of unbranched alkanes of at least 4 members (excludes halogenated alkanes) is 1. The van der Waals surface area contributed by atoms with Crippen LogP contribution < -0.4 is 5.32 Å². The number of hydrogen-bond acceptors (Lipinski definition) is 4. The fraction of sp³-hybridized carbons (Fsp3) is 0.222. The monoisotopic (exact) mass is 456 g/mol. The lowest BCUT2D eigenvalue weighted by atomic mass is 10.1. The molecule has 33 heavy (non-hydrogen) atoms. The Morgan fingerprint density at radius 1 is 0.848 bits per heavy atom. The minimum atomic E-state index is 0.0537. The number of carbonyl (C=O) groups is 1. The van der Waals surface area contributed by atoms with E-state index in [1.54, 1.807) is 11.8 Å². The van der Waals surface area contributed by atoms with Crippen molar-refractivity contribution >= 4 is 23.4 Å². The number of aryl methyl sites for hydroxylation is 2. The molecule has 1 heterocycles. The summed E-state index contributed by atoms with van der Waals surface area (Å²) in [5.41, 5.74) is 5.32. The van der Waals surface area contributed by atoms with E-state index in [9.17, 15) is 4.79 Å². The molecule has 0 spiro atoms. The molecule has 0 saturated carbocycles. The molecule has 0 aliphatic heterocycles. The summed E-state index contributed by atoms with van der Waals surface area (Å²) in [5.74, 6) is 1.76. The van der Waals surface area contributed by atoms with E-state index in [4.69, 9.17) is 0 Å². The van der Waals surface area contributed by atoms with Crippen molar-refractivity contribution in [3.8, 4) is 17.1 Å². The zero-order valence-electron chi connectivity index (χ0n) is 19.0. The molecule has 5 nitrogen and oxygen atoms in total. The lowest BCUT2D eigenvalue weighted by molar-refractivity contribution is -0.116. The average molecular weight is 457 g/mol. The molecule has 0 aliphatic carbocycles. The van der Waals surface area contributed by atoms with Crippen LogP contribution in [-0.2, 0) is 4.79 Å². The molecular formula is C27H28N4OS. The summed E-state index contributed by atoms with van der Waals surface area (Å²) >= 11 is 1.68. The zero-order valence-corrected chi connectivity index (χ0v) is 19.8. The fourth-order valence-corrected chi connectivity index (χ4v) is 4.42. The molecule has 168 valence electrons. The van der Waals surface area contributed by atoms with Crippen molar-refractivity contribution in [1.82, 2.24) is 14.8 Å². The minimum absolute atomic E-state index is 0.0537. The van der Waals surface area contributed by atoms with Gasteiger partial charge in [0.1, 0.15) is 0 Å². The molecule has 0 radical (unpaired) electrons. The van der Waals surface area contributed by atoms with Crippen molar-refractivity contribution in [1.29, 1.82) is 0 Å². The summed E-state index contributed by atoms with van der Waals surface area (Å²) in [4.78, 5) is 12.2. The lowest BCUT2D eigenvalue weighted by Crippen LogP contribution is -2.11. The molecule has 0 atom stereocenters. The molecule has 0 aliphatic rings. The van der Waals surface area contributed by atoms with Crippen LogP contribution in [0.4, 0.5) is 5.69 Å². The van der Waals surface area contributed by atoms with Gasteiger partial charge < -0.3 is 5.32 Å². The number of aromatic nitrogens is 3. The van der Waals surface area contributed by atoms with Crippen LogP contribution in [0, 0.1) is 13.8 Å². The van der Waals surface area contributed by atoms with Crippen LogP contribution in [-0.4, -0.2) is 26.4 Å². The molecule has 0 unspecified atom stereocenters. The number of carbonyl (C=O) groups excluding carboxylic acids is 1. The van der Waals surface area contributed by atoms with E-state index in [0.29, 0.717) is 6.42 Å². The molecule has 4 rings (SSSR count). The predicted molar refractivity (Wildman–Crippen MR) is 136 cm³/mol. The van der Waals surface area contributed by atoms with Crippen molar-refractivity contribution in [2.24, 2.45) is 0 Å². The van der Waals surface area contributed by atoms with Crippen LogP contribution in [0.2, 0.25) is 0 Å². The Kier molecular flexibility index (Phi) is 7.58. The third-order valence-corrected chi connectivity index (χ3v) is 6.34. The van der Waals surface area contributed by atoms with Crippen LogP contribution >= 0.6 is 11.8 Å². The van der Waals surface area contributed by atoms with E-state index < -0.39 is 0 Å². The average Bonchev–Trinajstić information content (AvgIpc) is 3.25. The standard InChI is InChI=1S/C27H28N4OS/c1-20-11-15-22(16-12-20)26-29-30-27(31(26)24-8-4-3-5-9-24)33-19-7-6-10-25(32)28-23-17-13-21(2)14-18-23/h3-5,8-9,11-18H,6-7,10,19H2,1-2H3,(H,28,32). The minimum Gasteiger partial charge on any atom is -0.326 e. The van der Waals surface area contributed by atoms with Gasteiger partial charge in [0.15, 0.2) is 11.0 Å². The smallest absolute Gasteiger partial charge is 0.224 e. The first-order valence-corrected chi connectivity index (χ1v) is 12.2. The normalized spacial score (nSPS) is 10.8. The largest absolute Gasteiger partial charge is 0.326 e. The number of thioether (sulfide) groups is 1. The second-order valence-corrected chi connectivity index (χ2v) is 9.13. The van der Waals surface area contributed by atoms with Crippen molar-refractivity contribution in [2.45, 2.75) is 38.3 Å². The highest BCUT2D eigenvalue weighted by molar-refractivity contribution is 7.99. The molecule has 0 bridgehead atoms. The number of nitrogens with one attached hydrogen (secondary N) is 1. The molecule has 1 aromatic heterocycles. The lowest BCUT2D eigenvalue weighted by Gasteiger charge is -2.10. The highest BCUT2D eigenvalue weighted by Crippen LogP contribution is 2.28.